The average Bonchev–Trinajstić information content (AvgIpc) is 3.48. The number of hydrogen-bond acceptors (Lipinski definition) is 6. The molecule has 4 aromatic rings. The Bertz CT molecular complexity index is 1500. The van der Waals surface area contributed by atoms with Crippen LogP contribution in [0.25, 0.3) is 0 Å². The SMILES string of the molecule is COc1cc([C@H]2[C@@H]3C(=O)N(c4ccccc4)C(=O)[C@H]3ON2c2ccccc2)c(Br)cc1OCc1ccccc1. The molecule has 0 bridgehead atoms. The van der Waals surface area contributed by atoms with Crippen molar-refractivity contribution in [3.05, 3.63) is 119 Å². The number of methoxy groups -OCH3 is 1. The van der Waals surface area contributed by atoms with E-state index >= 15 is 0 Å². The number of rotatable bonds is 7. The van der Waals surface area contributed by atoms with E-state index in [1.165, 1.54) is 4.90 Å². The molecule has 6 rings (SSSR count). The van der Waals surface area contributed by atoms with Gasteiger partial charge in [0.05, 0.1) is 24.5 Å². The predicted molar refractivity (Wildman–Crippen MR) is 150 cm³/mol. The summed E-state index contributed by atoms with van der Waals surface area (Å²) < 4.78 is 12.5. The molecule has 0 aliphatic carbocycles. The number of carbonyl (C=O) groups is 2. The minimum atomic E-state index is -0.963. The van der Waals surface area contributed by atoms with Gasteiger partial charge in [-0.3, -0.25) is 14.4 Å². The van der Waals surface area contributed by atoms with E-state index in [4.69, 9.17) is 14.3 Å². The van der Waals surface area contributed by atoms with Gasteiger partial charge in [-0.25, -0.2) is 9.96 Å². The molecule has 39 heavy (non-hydrogen) atoms. The third-order valence-corrected chi connectivity index (χ3v) is 7.67. The quantitative estimate of drug-likeness (QED) is 0.245. The molecule has 196 valence electrons. The Kier molecular flexibility index (Phi) is 6.81. The molecule has 0 saturated carbocycles. The molecule has 0 N–H and O–H groups in total. The van der Waals surface area contributed by atoms with E-state index < -0.39 is 18.1 Å². The maximum Gasteiger partial charge on any atom is 0.266 e. The molecule has 2 heterocycles. The Hall–Kier alpha value is -4.14. The average molecular weight is 585 g/mol. The predicted octanol–water partition coefficient (Wildman–Crippen LogP) is 6.09. The second kappa shape index (κ2) is 10.6. The number of nitrogens with zero attached hydrogens (tertiary/aromatic N) is 2. The molecule has 0 spiro atoms. The summed E-state index contributed by atoms with van der Waals surface area (Å²) in [5.41, 5.74) is 3.03. The zero-order chi connectivity index (χ0) is 26.9. The molecule has 3 atom stereocenters. The Morgan fingerprint density at radius 1 is 0.795 bits per heavy atom. The van der Waals surface area contributed by atoms with Crippen molar-refractivity contribution >= 4 is 39.1 Å². The summed E-state index contributed by atoms with van der Waals surface area (Å²) in [6.07, 6.45) is -0.963. The van der Waals surface area contributed by atoms with Gasteiger partial charge >= 0.3 is 0 Å². The lowest BCUT2D eigenvalue weighted by Gasteiger charge is -2.29. The topological polar surface area (TPSA) is 68.3 Å². The Balaban J connectivity index is 1.40. The Labute approximate surface area is 234 Å². The molecule has 2 fully saturated rings. The van der Waals surface area contributed by atoms with Crippen LogP contribution in [0, 0.1) is 5.92 Å². The minimum absolute atomic E-state index is 0.310. The van der Waals surface area contributed by atoms with Crippen LogP contribution in [-0.2, 0) is 21.0 Å². The first kappa shape index (κ1) is 25.2. The maximum absolute atomic E-state index is 13.9. The highest BCUT2D eigenvalue weighted by atomic mass is 79.9. The molecule has 0 unspecified atom stereocenters. The summed E-state index contributed by atoms with van der Waals surface area (Å²) in [6.45, 7) is 0.370. The standard InChI is InChI=1S/C31H25BrN2O5/c1-37-25-17-23(24(32)18-26(25)38-19-20-11-5-2-6-12-20)28-27-29(39-34(28)22-15-9-4-10-16-22)31(36)33(30(27)35)21-13-7-3-8-14-21/h2-18,27-29H,19H2,1H3/t27-,28-,29-/m0/s1. The van der Waals surface area contributed by atoms with Crippen LogP contribution in [0.1, 0.15) is 17.2 Å². The number of anilines is 2. The zero-order valence-corrected chi connectivity index (χ0v) is 22.7. The summed E-state index contributed by atoms with van der Waals surface area (Å²) >= 11 is 3.71. The number of ether oxygens (including phenoxy) is 2. The van der Waals surface area contributed by atoms with Gasteiger partial charge in [-0.2, -0.15) is 0 Å². The lowest BCUT2D eigenvalue weighted by atomic mass is 9.90. The van der Waals surface area contributed by atoms with Crippen LogP contribution in [0.5, 0.6) is 11.5 Å². The first-order chi connectivity index (χ1) is 19.1. The molecule has 8 heteroatoms. The van der Waals surface area contributed by atoms with Gasteiger partial charge in [-0.15, -0.1) is 0 Å². The molecule has 4 aromatic carbocycles. The molecule has 2 aliphatic heterocycles. The molecule has 0 radical (unpaired) electrons. The highest BCUT2D eigenvalue weighted by molar-refractivity contribution is 9.10. The molecule has 2 aliphatic rings. The second-order valence-corrected chi connectivity index (χ2v) is 10.2. The van der Waals surface area contributed by atoms with Crippen LogP contribution >= 0.6 is 15.9 Å². The third kappa shape index (κ3) is 4.56. The van der Waals surface area contributed by atoms with Crippen LogP contribution in [0.2, 0.25) is 0 Å². The number of carbonyl (C=O) groups excluding carboxylic acids is 2. The van der Waals surface area contributed by atoms with Crippen LogP contribution in [0.15, 0.2) is 108 Å². The van der Waals surface area contributed by atoms with Gasteiger partial charge in [-0.1, -0.05) is 82.7 Å². The molecular formula is C31H25BrN2O5. The fourth-order valence-corrected chi connectivity index (χ4v) is 5.70. The van der Waals surface area contributed by atoms with Gasteiger partial charge in [0.25, 0.3) is 5.91 Å². The lowest BCUT2D eigenvalue weighted by Crippen LogP contribution is -2.37. The molecule has 7 nitrogen and oxygen atoms in total. The summed E-state index contributed by atoms with van der Waals surface area (Å²) in [7, 11) is 1.58. The van der Waals surface area contributed by atoms with Gasteiger partial charge < -0.3 is 9.47 Å². The van der Waals surface area contributed by atoms with Gasteiger partial charge in [0.2, 0.25) is 5.91 Å². The third-order valence-electron chi connectivity index (χ3n) is 6.98. The van der Waals surface area contributed by atoms with Gasteiger partial charge in [0.1, 0.15) is 12.5 Å². The van der Waals surface area contributed by atoms with E-state index in [0.29, 0.717) is 28.3 Å². The maximum atomic E-state index is 13.9. The van der Waals surface area contributed by atoms with E-state index in [9.17, 15) is 9.59 Å². The summed E-state index contributed by atoms with van der Waals surface area (Å²) in [4.78, 5) is 34.9. The van der Waals surface area contributed by atoms with Gasteiger partial charge in [0.15, 0.2) is 17.6 Å². The largest absolute Gasteiger partial charge is 0.493 e. The highest BCUT2D eigenvalue weighted by Crippen LogP contribution is 2.50. The van der Waals surface area contributed by atoms with E-state index in [2.05, 4.69) is 15.9 Å². The first-order valence-corrected chi connectivity index (χ1v) is 13.3. The summed E-state index contributed by atoms with van der Waals surface area (Å²) in [5.74, 6) is -0.397. The van der Waals surface area contributed by atoms with Gasteiger partial charge in [0, 0.05) is 4.47 Å². The smallest absolute Gasteiger partial charge is 0.266 e. The zero-order valence-electron chi connectivity index (χ0n) is 21.1. The van der Waals surface area contributed by atoms with Crippen molar-refractivity contribution < 1.29 is 23.9 Å². The number of benzene rings is 4. The molecule has 2 saturated heterocycles. The normalized spacial score (nSPS) is 20.3. The van der Waals surface area contributed by atoms with E-state index in [0.717, 1.165) is 16.8 Å². The van der Waals surface area contributed by atoms with E-state index in [1.807, 2.05) is 78.9 Å². The highest BCUT2D eigenvalue weighted by Gasteiger charge is 2.60. The Morgan fingerprint density at radius 3 is 2.05 bits per heavy atom. The van der Waals surface area contributed by atoms with Crippen LogP contribution in [-0.4, -0.2) is 25.0 Å². The van der Waals surface area contributed by atoms with Crippen molar-refractivity contribution in [2.24, 2.45) is 5.92 Å². The molecule has 2 amide bonds. The number of para-hydroxylation sites is 2. The van der Waals surface area contributed by atoms with Crippen molar-refractivity contribution in [2.75, 3.05) is 17.1 Å². The summed E-state index contributed by atoms with van der Waals surface area (Å²) in [5, 5.41) is 1.66. The molecule has 0 aromatic heterocycles. The number of hydroxylamine groups is 1. The van der Waals surface area contributed by atoms with Crippen molar-refractivity contribution in [3.63, 3.8) is 0 Å². The van der Waals surface area contributed by atoms with E-state index in [-0.39, 0.29) is 11.8 Å². The van der Waals surface area contributed by atoms with Crippen LogP contribution in [0.4, 0.5) is 11.4 Å². The number of amides is 2. The second-order valence-electron chi connectivity index (χ2n) is 9.30. The fourth-order valence-electron chi connectivity index (χ4n) is 5.15. The van der Waals surface area contributed by atoms with Crippen molar-refractivity contribution in [1.29, 1.82) is 0 Å². The van der Waals surface area contributed by atoms with E-state index in [1.54, 1.807) is 36.4 Å². The van der Waals surface area contributed by atoms with Gasteiger partial charge in [-0.05, 0) is 47.5 Å². The minimum Gasteiger partial charge on any atom is -0.493 e. The van der Waals surface area contributed by atoms with Crippen molar-refractivity contribution in [1.82, 2.24) is 0 Å². The number of fused-ring (bicyclic) bond motifs is 1. The first-order valence-electron chi connectivity index (χ1n) is 12.5. The summed E-state index contributed by atoms with van der Waals surface area (Å²) in [6, 6.07) is 31.3. The molecular weight excluding hydrogens is 560 g/mol. The van der Waals surface area contributed by atoms with Crippen molar-refractivity contribution in [3.8, 4) is 11.5 Å². The van der Waals surface area contributed by atoms with Crippen LogP contribution < -0.4 is 19.4 Å². The number of halogens is 1. The van der Waals surface area contributed by atoms with Crippen molar-refractivity contribution in [2.45, 2.75) is 18.8 Å². The number of hydrogen-bond donors (Lipinski definition) is 0. The van der Waals surface area contributed by atoms with Crippen LogP contribution in [0.3, 0.4) is 0 Å². The monoisotopic (exact) mass is 584 g/mol. The lowest BCUT2D eigenvalue weighted by molar-refractivity contribution is -0.126. The number of imide groups is 1. The fraction of sp³-hybridized carbons (Fsp3) is 0.161. The Morgan fingerprint density at radius 2 is 1.41 bits per heavy atom.